The van der Waals surface area contributed by atoms with Gasteiger partial charge in [-0.1, -0.05) is 43.0 Å². The molecule has 0 aliphatic carbocycles. The summed E-state index contributed by atoms with van der Waals surface area (Å²) in [6.07, 6.45) is 0.901. The second-order valence-corrected chi connectivity index (χ2v) is 11.1. The molecule has 1 N–H and O–H groups in total. The number of aryl methyl sites for hydroxylation is 2. The SMILES string of the molecule is CCc1cccc(NC(=O)CN(C2=NC3CS(=O)(=O)CC3S2)c2cccc(C)c2)c1. The molecule has 1 saturated heterocycles. The zero-order chi connectivity index (χ0) is 21.3. The number of hydrogen-bond donors (Lipinski definition) is 1. The van der Waals surface area contributed by atoms with Crippen molar-refractivity contribution >= 4 is 44.0 Å². The Morgan fingerprint density at radius 1 is 1.20 bits per heavy atom. The monoisotopic (exact) mass is 443 g/mol. The molecule has 2 unspecified atom stereocenters. The molecule has 158 valence electrons. The summed E-state index contributed by atoms with van der Waals surface area (Å²) in [6.45, 7) is 4.19. The van der Waals surface area contributed by atoms with Crippen LogP contribution in [0.3, 0.4) is 0 Å². The Bertz CT molecular complexity index is 1100. The van der Waals surface area contributed by atoms with Crippen LogP contribution in [0.15, 0.2) is 53.5 Å². The minimum Gasteiger partial charge on any atom is -0.325 e. The van der Waals surface area contributed by atoms with Crippen molar-refractivity contribution in [1.82, 2.24) is 0 Å². The Kier molecular flexibility index (Phi) is 5.88. The van der Waals surface area contributed by atoms with E-state index in [0.717, 1.165) is 28.9 Å². The number of anilines is 2. The highest BCUT2D eigenvalue weighted by molar-refractivity contribution is 8.15. The first-order valence-electron chi connectivity index (χ1n) is 10.0. The van der Waals surface area contributed by atoms with Crippen LogP contribution in [0.4, 0.5) is 11.4 Å². The topological polar surface area (TPSA) is 78.8 Å². The summed E-state index contributed by atoms with van der Waals surface area (Å²) < 4.78 is 23.8. The van der Waals surface area contributed by atoms with Crippen molar-refractivity contribution in [2.24, 2.45) is 4.99 Å². The van der Waals surface area contributed by atoms with Crippen molar-refractivity contribution in [2.45, 2.75) is 31.6 Å². The molecule has 2 aromatic carbocycles. The van der Waals surface area contributed by atoms with Gasteiger partial charge in [0.15, 0.2) is 15.0 Å². The van der Waals surface area contributed by atoms with E-state index in [1.54, 1.807) is 0 Å². The molecule has 0 spiro atoms. The first kappa shape index (κ1) is 20.9. The molecule has 30 heavy (non-hydrogen) atoms. The number of amidine groups is 1. The molecule has 0 radical (unpaired) electrons. The Labute approximate surface area is 181 Å². The van der Waals surface area contributed by atoms with Crippen LogP contribution in [0.5, 0.6) is 0 Å². The highest BCUT2D eigenvalue weighted by Gasteiger charge is 2.44. The van der Waals surface area contributed by atoms with Crippen molar-refractivity contribution in [2.75, 3.05) is 28.3 Å². The molecule has 2 heterocycles. The summed E-state index contributed by atoms with van der Waals surface area (Å²) in [4.78, 5) is 19.5. The summed E-state index contributed by atoms with van der Waals surface area (Å²) in [5.41, 5.74) is 3.89. The van der Waals surface area contributed by atoms with Crippen LogP contribution in [0.2, 0.25) is 0 Å². The average Bonchev–Trinajstić information content (AvgIpc) is 3.19. The van der Waals surface area contributed by atoms with Crippen LogP contribution in [0, 0.1) is 6.92 Å². The van der Waals surface area contributed by atoms with Crippen molar-refractivity contribution in [3.63, 3.8) is 0 Å². The Morgan fingerprint density at radius 2 is 2.00 bits per heavy atom. The van der Waals surface area contributed by atoms with Gasteiger partial charge in [0.25, 0.3) is 0 Å². The van der Waals surface area contributed by atoms with E-state index < -0.39 is 9.84 Å². The standard InChI is InChI=1S/C22H25N3O3S2/c1-3-16-7-5-8-17(11-16)23-21(26)12-25(18-9-4-6-15(2)10-18)22-24-19-13-30(27,28)14-20(19)29-22/h4-11,19-20H,3,12-14H2,1-2H3,(H,23,26). The molecule has 2 atom stereocenters. The molecule has 0 aromatic heterocycles. The van der Waals surface area contributed by atoms with Crippen LogP contribution in [0.1, 0.15) is 18.1 Å². The highest BCUT2D eigenvalue weighted by atomic mass is 32.2. The maximum absolute atomic E-state index is 12.9. The van der Waals surface area contributed by atoms with Gasteiger partial charge in [-0.05, 0) is 48.7 Å². The fourth-order valence-electron chi connectivity index (χ4n) is 3.75. The molecule has 4 rings (SSSR count). The largest absolute Gasteiger partial charge is 0.325 e. The van der Waals surface area contributed by atoms with Gasteiger partial charge in [0, 0.05) is 16.6 Å². The number of nitrogens with zero attached hydrogens (tertiary/aromatic N) is 2. The number of benzene rings is 2. The number of nitrogens with one attached hydrogen (secondary N) is 1. The number of amides is 1. The van der Waals surface area contributed by atoms with E-state index in [9.17, 15) is 13.2 Å². The molecule has 6 nitrogen and oxygen atoms in total. The van der Waals surface area contributed by atoms with Crippen LogP contribution in [-0.2, 0) is 21.1 Å². The Morgan fingerprint density at radius 3 is 2.73 bits per heavy atom. The van der Waals surface area contributed by atoms with Gasteiger partial charge < -0.3 is 10.2 Å². The molecule has 2 aliphatic heterocycles. The van der Waals surface area contributed by atoms with Crippen molar-refractivity contribution < 1.29 is 13.2 Å². The molecular formula is C22H25N3O3S2. The Hall–Kier alpha value is -2.32. The highest BCUT2D eigenvalue weighted by Crippen LogP contribution is 2.36. The molecule has 1 amide bonds. The maximum atomic E-state index is 12.9. The molecule has 1 fully saturated rings. The number of aliphatic imine (C=N–C) groups is 1. The zero-order valence-corrected chi connectivity index (χ0v) is 18.7. The lowest BCUT2D eigenvalue weighted by Crippen LogP contribution is -2.36. The van der Waals surface area contributed by atoms with Gasteiger partial charge in [0.2, 0.25) is 5.91 Å². The normalized spacial score (nSPS) is 21.7. The molecule has 2 aliphatic rings. The van der Waals surface area contributed by atoms with Crippen LogP contribution in [-0.4, -0.2) is 48.8 Å². The average molecular weight is 444 g/mol. The third-order valence-corrected chi connectivity index (χ3v) is 8.52. The fourth-order valence-corrected chi connectivity index (χ4v) is 7.53. The van der Waals surface area contributed by atoms with Crippen molar-refractivity contribution in [1.29, 1.82) is 0 Å². The first-order valence-corrected chi connectivity index (χ1v) is 12.7. The third-order valence-electron chi connectivity index (χ3n) is 5.27. The van der Waals surface area contributed by atoms with Crippen molar-refractivity contribution in [3.05, 3.63) is 59.7 Å². The quantitative estimate of drug-likeness (QED) is 0.767. The second-order valence-electron chi connectivity index (χ2n) is 7.74. The van der Waals surface area contributed by atoms with Gasteiger partial charge in [-0.15, -0.1) is 0 Å². The van der Waals surface area contributed by atoms with E-state index in [1.165, 1.54) is 11.8 Å². The lowest BCUT2D eigenvalue weighted by Gasteiger charge is -2.24. The predicted octanol–water partition coefficient (Wildman–Crippen LogP) is 3.27. The lowest BCUT2D eigenvalue weighted by atomic mass is 10.1. The number of hydrogen-bond acceptors (Lipinski definition) is 6. The van der Waals surface area contributed by atoms with E-state index in [2.05, 4.69) is 17.2 Å². The minimum atomic E-state index is -3.02. The molecule has 0 bridgehead atoms. The number of carbonyl (C=O) groups is 1. The lowest BCUT2D eigenvalue weighted by molar-refractivity contribution is -0.114. The number of sulfone groups is 1. The van der Waals surface area contributed by atoms with E-state index in [-0.39, 0.29) is 35.2 Å². The van der Waals surface area contributed by atoms with Crippen LogP contribution >= 0.6 is 11.8 Å². The van der Waals surface area contributed by atoms with Crippen LogP contribution in [0.25, 0.3) is 0 Å². The van der Waals surface area contributed by atoms with Gasteiger partial charge in [-0.25, -0.2) is 8.42 Å². The van der Waals surface area contributed by atoms with Gasteiger partial charge in [0.1, 0.15) is 6.54 Å². The number of carbonyl (C=O) groups excluding carboxylic acids is 1. The van der Waals surface area contributed by atoms with Gasteiger partial charge in [-0.3, -0.25) is 9.79 Å². The third kappa shape index (κ3) is 4.70. The molecule has 0 saturated carbocycles. The predicted molar refractivity (Wildman–Crippen MR) is 124 cm³/mol. The molecule has 8 heteroatoms. The maximum Gasteiger partial charge on any atom is 0.244 e. The van der Waals surface area contributed by atoms with Crippen molar-refractivity contribution in [3.8, 4) is 0 Å². The van der Waals surface area contributed by atoms with E-state index in [1.807, 2.05) is 60.4 Å². The minimum absolute atomic E-state index is 0.0680. The molecular weight excluding hydrogens is 418 g/mol. The smallest absolute Gasteiger partial charge is 0.244 e. The number of thioether (sulfide) groups is 1. The zero-order valence-electron chi connectivity index (χ0n) is 17.0. The Balaban J connectivity index is 1.56. The van der Waals surface area contributed by atoms with Gasteiger partial charge in [-0.2, -0.15) is 0 Å². The van der Waals surface area contributed by atoms with Gasteiger partial charge in [0.05, 0.1) is 17.5 Å². The fraction of sp³-hybridized carbons (Fsp3) is 0.364. The van der Waals surface area contributed by atoms with Crippen LogP contribution < -0.4 is 10.2 Å². The summed E-state index contributed by atoms with van der Waals surface area (Å²) in [7, 11) is -3.02. The van der Waals surface area contributed by atoms with E-state index in [4.69, 9.17) is 0 Å². The second kappa shape index (κ2) is 8.43. The number of rotatable bonds is 5. The summed E-state index contributed by atoms with van der Waals surface area (Å²) >= 11 is 1.46. The van der Waals surface area contributed by atoms with E-state index in [0.29, 0.717) is 5.17 Å². The summed E-state index contributed by atoms with van der Waals surface area (Å²) in [5.74, 6) is 0.0940. The molecule has 2 aromatic rings. The summed E-state index contributed by atoms with van der Waals surface area (Å²) in [5, 5.41) is 3.62. The first-order chi connectivity index (χ1) is 14.3. The van der Waals surface area contributed by atoms with E-state index >= 15 is 0 Å². The summed E-state index contributed by atoms with van der Waals surface area (Å²) in [6, 6.07) is 15.5. The van der Waals surface area contributed by atoms with Gasteiger partial charge >= 0.3 is 0 Å². The number of fused-ring (bicyclic) bond motifs is 1.